The zero-order valence-electron chi connectivity index (χ0n) is 17.3. The van der Waals surface area contributed by atoms with Crippen molar-refractivity contribution in [3.8, 4) is 22.6 Å². The molecule has 0 spiro atoms. The van der Waals surface area contributed by atoms with Crippen molar-refractivity contribution in [1.82, 2.24) is 14.5 Å². The fourth-order valence-electron chi connectivity index (χ4n) is 3.37. The van der Waals surface area contributed by atoms with Crippen LogP contribution in [0.3, 0.4) is 0 Å². The Hall–Kier alpha value is -2.76. The summed E-state index contributed by atoms with van der Waals surface area (Å²) < 4.78 is 8.29. The summed E-state index contributed by atoms with van der Waals surface area (Å²) in [6, 6.07) is 23.7. The van der Waals surface area contributed by atoms with E-state index in [-0.39, 0.29) is 0 Å². The molecule has 0 saturated carbocycles. The van der Waals surface area contributed by atoms with Gasteiger partial charge in [-0.15, -0.1) is 0 Å². The lowest BCUT2D eigenvalue weighted by Gasteiger charge is -2.17. The summed E-state index contributed by atoms with van der Waals surface area (Å²) in [6.07, 6.45) is 1.83. The first-order valence-electron chi connectivity index (χ1n) is 10.1. The van der Waals surface area contributed by atoms with Gasteiger partial charge in [-0.05, 0) is 30.3 Å². The molecule has 0 saturated heterocycles. The molecule has 0 bridgehead atoms. The van der Waals surface area contributed by atoms with Crippen LogP contribution in [0.25, 0.3) is 33.7 Å². The van der Waals surface area contributed by atoms with E-state index in [9.17, 15) is 0 Å². The van der Waals surface area contributed by atoms with E-state index in [0.29, 0.717) is 6.73 Å². The van der Waals surface area contributed by atoms with Crippen LogP contribution >= 0.6 is 0 Å². The number of pyridine rings is 1. The highest BCUT2D eigenvalue weighted by atomic mass is 28.3. The van der Waals surface area contributed by atoms with E-state index in [1.54, 1.807) is 0 Å². The fourth-order valence-corrected chi connectivity index (χ4v) is 4.13. The van der Waals surface area contributed by atoms with Gasteiger partial charge < -0.3 is 4.74 Å². The Kier molecular flexibility index (Phi) is 5.60. The Balaban J connectivity index is 1.75. The van der Waals surface area contributed by atoms with Crippen LogP contribution in [0.15, 0.2) is 72.9 Å². The highest BCUT2D eigenvalue weighted by molar-refractivity contribution is 6.76. The van der Waals surface area contributed by atoms with E-state index in [2.05, 4.69) is 65.6 Å². The summed E-state index contributed by atoms with van der Waals surface area (Å²) in [4.78, 5) is 9.52. The molecule has 0 aliphatic carbocycles. The van der Waals surface area contributed by atoms with Crippen LogP contribution < -0.4 is 0 Å². The van der Waals surface area contributed by atoms with Crippen molar-refractivity contribution in [2.75, 3.05) is 6.61 Å². The summed E-state index contributed by atoms with van der Waals surface area (Å²) >= 11 is 0. The van der Waals surface area contributed by atoms with Gasteiger partial charge in [0, 0.05) is 32.0 Å². The maximum absolute atomic E-state index is 6.11. The summed E-state index contributed by atoms with van der Waals surface area (Å²) in [5, 5.41) is 0. The highest BCUT2D eigenvalue weighted by Crippen LogP contribution is 2.32. The van der Waals surface area contributed by atoms with Gasteiger partial charge in [-0.3, -0.25) is 9.55 Å². The van der Waals surface area contributed by atoms with Crippen molar-refractivity contribution in [2.45, 2.75) is 32.4 Å². The van der Waals surface area contributed by atoms with Gasteiger partial charge in [-0.25, -0.2) is 4.98 Å². The zero-order chi connectivity index (χ0) is 20.3. The van der Waals surface area contributed by atoms with Crippen molar-refractivity contribution in [3.63, 3.8) is 0 Å². The van der Waals surface area contributed by atoms with E-state index in [1.807, 2.05) is 36.5 Å². The minimum atomic E-state index is -1.12. The van der Waals surface area contributed by atoms with Gasteiger partial charge in [0.2, 0.25) is 0 Å². The largest absolute Gasteiger partial charge is 0.361 e. The zero-order valence-corrected chi connectivity index (χ0v) is 18.3. The molecule has 2 aromatic carbocycles. The maximum atomic E-state index is 6.11. The molecule has 2 aromatic heterocycles. The summed E-state index contributed by atoms with van der Waals surface area (Å²) in [7, 11) is -1.12. The van der Waals surface area contributed by atoms with Crippen molar-refractivity contribution >= 4 is 19.1 Å². The Bertz CT molecular complexity index is 1100. The molecule has 29 heavy (non-hydrogen) atoms. The quantitative estimate of drug-likeness (QED) is 0.278. The summed E-state index contributed by atoms with van der Waals surface area (Å²) in [5.74, 6) is 0.917. The number of rotatable bonds is 7. The van der Waals surface area contributed by atoms with Crippen molar-refractivity contribution in [2.24, 2.45) is 0 Å². The Morgan fingerprint density at radius 2 is 1.59 bits per heavy atom. The Morgan fingerprint density at radius 3 is 2.34 bits per heavy atom. The smallest absolute Gasteiger partial charge is 0.143 e. The van der Waals surface area contributed by atoms with Crippen LogP contribution in [0.4, 0.5) is 0 Å². The monoisotopic (exact) mass is 401 g/mol. The molecular weight excluding hydrogens is 374 g/mol. The molecule has 4 rings (SSSR count). The van der Waals surface area contributed by atoms with E-state index < -0.39 is 8.07 Å². The average Bonchev–Trinajstić information content (AvgIpc) is 3.10. The molecule has 0 aliphatic rings. The van der Waals surface area contributed by atoms with Crippen molar-refractivity contribution < 1.29 is 4.74 Å². The molecule has 2 heterocycles. The van der Waals surface area contributed by atoms with Crippen molar-refractivity contribution in [1.29, 1.82) is 0 Å². The molecule has 0 N–H and O–H groups in total. The van der Waals surface area contributed by atoms with Gasteiger partial charge in [-0.1, -0.05) is 62.1 Å². The van der Waals surface area contributed by atoms with Crippen LogP contribution in [0.1, 0.15) is 0 Å². The van der Waals surface area contributed by atoms with Crippen molar-refractivity contribution in [3.05, 3.63) is 72.9 Å². The van der Waals surface area contributed by atoms with E-state index in [0.717, 1.165) is 46.3 Å². The van der Waals surface area contributed by atoms with Crippen LogP contribution in [0, 0.1) is 0 Å². The number of imidazole rings is 1. The third-order valence-electron chi connectivity index (χ3n) is 4.98. The van der Waals surface area contributed by atoms with Crippen LogP contribution in [0.2, 0.25) is 25.7 Å². The second kappa shape index (κ2) is 8.31. The fraction of sp³-hybridized carbons (Fsp3) is 0.250. The van der Waals surface area contributed by atoms with Gasteiger partial charge in [0.25, 0.3) is 0 Å². The van der Waals surface area contributed by atoms with Gasteiger partial charge in [0.15, 0.2) is 0 Å². The van der Waals surface area contributed by atoms with E-state index in [4.69, 9.17) is 9.72 Å². The topological polar surface area (TPSA) is 39.9 Å². The van der Waals surface area contributed by atoms with Crippen LogP contribution in [-0.2, 0) is 11.5 Å². The maximum Gasteiger partial charge on any atom is 0.143 e. The minimum absolute atomic E-state index is 0.497. The van der Waals surface area contributed by atoms with E-state index >= 15 is 0 Å². The standard InChI is InChI=1S/C24H27N3OSi/c1-29(2,3)17-16-28-18-27-23-14-7-6-13-22(23)26-24(27)20-11-5-4-10-19(20)21-12-8-9-15-25-21/h4-15H,16-18H2,1-3H3. The normalized spacial score (nSPS) is 11.8. The van der Waals surface area contributed by atoms with Gasteiger partial charge >= 0.3 is 0 Å². The molecular formula is C24H27N3OSi. The predicted molar refractivity (Wildman–Crippen MR) is 123 cm³/mol. The molecule has 0 unspecified atom stereocenters. The number of fused-ring (bicyclic) bond motifs is 1. The Morgan fingerprint density at radius 1 is 0.862 bits per heavy atom. The number of benzene rings is 2. The molecule has 4 nitrogen and oxygen atoms in total. The first kappa shape index (κ1) is 19.5. The molecule has 0 fully saturated rings. The first-order chi connectivity index (χ1) is 14.0. The van der Waals surface area contributed by atoms with Gasteiger partial charge in [-0.2, -0.15) is 0 Å². The summed E-state index contributed by atoms with van der Waals surface area (Å²) in [6.45, 7) is 8.40. The first-order valence-corrected chi connectivity index (χ1v) is 13.8. The lowest BCUT2D eigenvalue weighted by molar-refractivity contribution is 0.0909. The highest BCUT2D eigenvalue weighted by Gasteiger charge is 2.17. The SMILES string of the molecule is C[Si](C)(C)CCOCn1c(-c2ccccc2-c2ccccn2)nc2ccccc21. The Labute approximate surface area is 173 Å². The molecule has 0 aliphatic heterocycles. The molecule has 0 radical (unpaired) electrons. The molecule has 4 aromatic rings. The number of hydrogen-bond acceptors (Lipinski definition) is 3. The summed E-state index contributed by atoms with van der Waals surface area (Å²) in [5.41, 5.74) is 5.16. The van der Waals surface area contributed by atoms with Crippen LogP contribution in [0.5, 0.6) is 0 Å². The second-order valence-electron chi connectivity index (χ2n) is 8.46. The number of ether oxygens (including phenoxy) is 1. The number of aromatic nitrogens is 3. The molecule has 0 amide bonds. The molecule has 5 heteroatoms. The average molecular weight is 402 g/mol. The molecule has 0 atom stereocenters. The lowest BCUT2D eigenvalue weighted by Crippen LogP contribution is -2.22. The van der Waals surface area contributed by atoms with Gasteiger partial charge in [0.1, 0.15) is 12.6 Å². The van der Waals surface area contributed by atoms with E-state index in [1.165, 1.54) is 0 Å². The number of hydrogen-bond donors (Lipinski definition) is 0. The molecule has 148 valence electrons. The third-order valence-corrected chi connectivity index (χ3v) is 6.68. The van der Waals surface area contributed by atoms with Gasteiger partial charge in [0.05, 0.1) is 16.7 Å². The number of para-hydroxylation sites is 2. The lowest BCUT2D eigenvalue weighted by atomic mass is 10.0. The minimum Gasteiger partial charge on any atom is -0.361 e. The third kappa shape index (κ3) is 4.47. The number of nitrogens with zero attached hydrogens (tertiary/aromatic N) is 3. The second-order valence-corrected chi connectivity index (χ2v) is 14.1. The van der Waals surface area contributed by atoms with Crippen LogP contribution in [-0.4, -0.2) is 29.2 Å². The predicted octanol–water partition coefficient (Wildman–Crippen LogP) is 6.08.